The first-order valence-electron chi connectivity index (χ1n) is 7.96. The van der Waals surface area contributed by atoms with E-state index in [0.717, 1.165) is 16.1 Å². The predicted octanol–water partition coefficient (Wildman–Crippen LogP) is 3.02. The van der Waals surface area contributed by atoms with Gasteiger partial charge in [0, 0.05) is 4.90 Å². The molecule has 134 valence electrons. The van der Waals surface area contributed by atoms with Gasteiger partial charge < -0.3 is 14.8 Å². The molecule has 1 amide bonds. The van der Waals surface area contributed by atoms with Crippen molar-refractivity contribution in [2.45, 2.75) is 23.2 Å². The number of rotatable bonds is 5. The van der Waals surface area contributed by atoms with Gasteiger partial charge in [0.1, 0.15) is 6.61 Å². The number of anilines is 1. The number of thioether (sulfide) groups is 1. The minimum absolute atomic E-state index is 0.00885. The van der Waals surface area contributed by atoms with Crippen LogP contribution in [0.3, 0.4) is 0 Å². The number of benzene rings is 2. The van der Waals surface area contributed by atoms with Crippen molar-refractivity contribution < 1.29 is 23.9 Å². The smallest absolute Gasteiger partial charge is 0.337 e. The van der Waals surface area contributed by atoms with Gasteiger partial charge in [-0.2, -0.15) is 0 Å². The van der Waals surface area contributed by atoms with Crippen LogP contribution in [0.15, 0.2) is 53.4 Å². The van der Waals surface area contributed by atoms with Crippen LogP contribution >= 0.6 is 11.8 Å². The summed E-state index contributed by atoms with van der Waals surface area (Å²) in [5.74, 6) is -1.07. The third kappa shape index (κ3) is 4.23. The van der Waals surface area contributed by atoms with Crippen molar-refractivity contribution in [3.05, 3.63) is 59.7 Å². The molecule has 0 aliphatic carbocycles. The third-order valence-electron chi connectivity index (χ3n) is 3.83. The van der Waals surface area contributed by atoms with Crippen molar-refractivity contribution in [3.63, 3.8) is 0 Å². The highest BCUT2D eigenvalue weighted by Crippen LogP contribution is 2.36. The molecule has 1 aliphatic heterocycles. The fourth-order valence-corrected chi connectivity index (χ4v) is 3.55. The van der Waals surface area contributed by atoms with Crippen molar-refractivity contribution in [1.29, 1.82) is 0 Å². The summed E-state index contributed by atoms with van der Waals surface area (Å²) >= 11 is 1.36. The summed E-state index contributed by atoms with van der Waals surface area (Å²) in [6, 6.07) is 14.1. The highest BCUT2D eigenvalue weighted by Gasteiger charge is 2.29. The summed E-state index contributed by atoms with van der Waals surface area (Å²) in [6.45, 7) is 0.0792. The van der Waals surface area contributed by atoms with Crippen molar-refractivity contribution in [2.75, 3.05) is 12.4 Å². The van der Waals surface area contributed by atoms with E-state index in [0.29, 0.717) is 5.56 Å². The highest BCUT2D eigenvalue weighted by molar-refractivity contribution is 8.01. The van der Waals surface area contributed by atoms with Gasteiger partial charge in [-0.3, -0.25) is 9.59 Å². The summed E-state index contributed by atoms with van der Waals surface area (Å²) in [5.41, 5.74) is 1.94. The molecule has 1 atom stereocenters. The van der Waals surface area contributed by atoms with E-state index in [4.69, 9.17) is 4.74 Å². The zero-order valence-corrected chi connectivity index (χ0v) is 14.9. The molecule has 6 nitrogen and oxygen atoms in total. The second-order valence-corrected chi connectivity index (χ2v) is 6.89. The molecule has 1 heterocycles. The Labute approximate surface area is 154 Å². The minimum Gasteiger partial charge on any atom is -0.465 e. The number of fused-ring (bicyclic) bond motifs is 1. The molecule has 0 spiro atoms. The average Bonchev–Trinajstić information content (AvgIpc) is 2.66. The number of nitrogens with one attached hydrogen (secondary N) is 1. The van der Waals surface area contributed by atoms with Gasteiger partial charge in [0.15, 0.2) is 0 Å². The van der Waals surface area contributed by atoms with E-state index in [9.17, 15) is 14.4 Å². The van der Waals surface area contributed by atoms with Crippen molar-refractivity contribution in [1.82, 2.24) is 0 Å². The van der Waals surface area contributed by atoms with Crippen molar-refractivity contribution in [3.8, 4) is 0 Å². The largest absolute Gasteiger partial charge is 0.465 e. The maximum absolute atomic E-state index is 12.1. The molecule has 1 N–H and O–H groups in total. The molecule has 3 rings (SSSR count). The first-order valence-corrected chi connectivity index (χ1v) is 8.84. The number of amides is 1. The molecular weight excluding hydrogens is 354 g/mol. The van der Waals surface area contributed by atoms with Gasteiger partial charge >= 0.3 is 11.9 Å². The molecule has 0 radical (unpaired) electrons. The highest BCUT2D eigenvalue weighted by atomic mass is 32.2. The monoisotopic (exact) mass is 371 g/mol. The second kappa shape index (κ2) is 8.05. The lowest BCUT2D eigenvalue weighted by Gasteiger charge is -2.23. The lowest BCUT2D eigenvalue weighted by atomic mass is 10.1. The van der Waals surface area contributed by atoms with Crippen molar-refractivity contribution >= 4 is 35.3 Å². The van der Waals surface area contributed by atoms with Gasteiger partial charge in [-0.15, -0.1) is 11.8 Å². The number of carbonyl (C=O) groups excluding carboxylic acids is 3. The van der Waals surface area contributed by atoms with Crippen LogP contribution < -0.4 is 5.32 Å². The summed E-state index contributed by atoms with van der Waals surface area (Å²) in [4.78, 5) is 36.5. The van der Waals surface area contributed by atoms with Crippen LogP contribution in [0, 0.1) is 0 Å². The summed E-state index contributed by atoms with van der Waals surface area (Å²) in [5, 5.41) is 2.29. The molecule has 0 saturated carbocycles. The van der Waals surface area contributed by atoms with E-state index in [2.05, 4.69) is 10.1 Å². The molecular formula is C19H17NO5S. The molecule has 0 aromatic heterocycles. The fraction of sp³-hybridized carbons (Fsp3) is 0.211. The lowest BCUT2D eigenvalue weighted by Crippen LogP contribution is -2.31. The summed E-state index contributed by atoms with van der Waals surface area (Å²) in [7, 11) is 1.32. The van der Waals surface area contributed by atoms with E-state index in [-0.39, 0.29) is 18.9 Å². The Balaban J connectivity index is 1.53. The van der Waals surface area contributed by atoms with Crippen LogP contribution in [0.1, 0.15) is 22.3 Å². The molecule has 7 heteroatoms. The first kappa shape index (κ1) is 18.0. The standard InChI is InChI=1S/C19H17NO5S/c1-24-19(23)13-8-6-12(7-9-13)11-25-17(21)10-16-18(22)20-14-4-2-3-5-15(14)26-16/h2-9,16H,10-11H2,1H3,(H,20,22)/t16-/m1/s1. The Morgan fingerprint density at radius 3 is 2.58 bits per heavy atom. The van der Waals surface area contributed by atoms with E-state index in [1.165, 1.54) is 18.9 Å². The van der Waals surface area contributed by atoms with Crippen LogP contribution in [0.25, 0.3) is 0 Å². The fourth-order valence-electron chi connectivity index (χ4n) is 2.46. The second-order valence-electron chi connectivity index (χ2n) is 5.65. The van der Waals surface area contributed by atoms with Gasteiger partial charge in [0.05, 0.1) is 30.0 Å². The van der Waals surface area contributed by atoms with Crippen LogP contribution in [-0.2, 0) is 25.7 Å². The molecule has 0 saturated heterocycles. The number of esters is 2. The average molecular weight is 371 g/mol. The predicted molar refractivity (Wildman–Crippen MR) is 96.9 cm³/mol. The number of hydrogen-bond donors (Lipinski definition) is 1. The van der Waals surface area contributed by atoms with Gasteiger partial charge in [-0.1, -0.05) is 24.3 Å². The molecule has 2 aromatic rings. The van der Waals surface area contributed by atoms with E-state index >= 15 is 0 Å². The number of hydrogen-bond acceptors (Lipinski definition) is 6. The third-order valence-corrected chi connectivity index (χ3v) is 5.11. The van der Waals surface area contributed by atoms with E-state index < -0.39 is 17.2 Å². The zero-order valence-electron chi connectivity index (χ0n) is 14.1. The molecule has 26 heavy (non-hydrogen) atoms. The topological polar surface area (TPSA) is 81.7 Å². The lowest BCUT2D eigenvalue weighted by molar-refractivity contribution is -0.145. The molecule has 0 unspecified atom stereocenters. The van der Waals surface area contributed by atoms with Gasteiger partial charge in [0.2, 0.25) is 5.91 Å². The Kier molecular flexibility index (Phi) is 5.58. The normalized spacial score (nSPS) is 15.6. The SMILES string of the molecule is COC(=O)c1ccc(COC(=O)C[C@H]2Sc3ccccc3NC2=O)cc1. The van der Waals surface area contributed by atoms with Gasteiger partial charge in [-0.05, 0) is 29.8 Å². The quantitative estimate of drug-likeness (QED) is 0.814. The van der Waals surface area contributed by atoms with Gasteiger partial charge in [-0.25, -0.2) is 4.79 Å². The number of para-hydroxylation sites is 1. The van der Waals surface area contributed by atoms with Gasteiger partial charge in [0.25, 0.3) is 0 Å². The molecule has 0 fully saturated rings. The Morgan fingerprint density at radius 2 is 1.85 bits per heavy atom. The van der Waals surface area contributed by atoms with Crippen LogP contribution in [-0.4, -0.2) is 30.2 Å². The number of methoxy groups -OCH3 is 1. The van der Waals surface area contributed by atoms with Crippen LogP contribution in [0.2, 0.25) is 0 Å². The Morgan fingerprint density at radius 1 is 1.12 bits per heavy atom. The van der Waals surface area contributed by atoms with Crippen LogP contribution in [0.4, 0.5) is 5.69 Å². The number of carbonyl (C=O) groups is 3. The Hall–Kier alpha value is -2.80. The summed E-state index contributed by atoms with van der Waals surface area (Å²) < 4.78 is 9.87. The molecule has 2 aromatic carbocycles. The molecule has 1 aliphatic rings. The molecule has 0 bridgehead atoms. The maximum Gasteiger partial charge on any atom is 0.337 e. The minimum atomic E-state index is -0.515. The zero-order chi connectivity index (χ0) is 18.5. The Bertz CT molecular complexity index is 834. The maximum atomic E-state index is 12.1. The van der Waals surface area contributed by atoms with Crippen molar-refractivity contribution in [2.24, 2.45) is 0 Å². The van der Waals surface area contributed by atoms with E-state index in [1.807, 2.05) is 24.3 Å². The van der Waals surface area contributed by atoms with Crippen LogP contribution in [0.5, 0.6) is 0 Å². The number of ether oxygens (including phenoxy) is 2. The van der Waals surface area contributed by atoms with E-state index in [1.54, 1.807) is 24.3 Å². The summed E-state index contributed by atoms with van der Waals surface area (Å²) in [6.07, 6.45) is -0.00885. The first-order chi connectivity index (χ1) is 12.6.